The normalized spacial score (nSPS) is 32.6. The molecule has 0 amide bonds. The first-order valence-electron chi connectivity index (χ1n) is 7.10. The second-order valence-electron chi connectivity index (χ2n) is 5.39. The summed E-state index contributed by atoms with van der Waals surface area (Å²) in [6.07, 6.45) is 1.57. The predicted octanol–water partition coefficient (Wildman–Crippen LogP) is 0.392. The highest BCUT2D eigenvalue weighted by Crippen LogP contribution is 2.31. The van der Waals surface area contributed by atoms with Gasteiger partial charge in [0.2, 0.25) is 0 Å². The lowest BCUT2D eigenvalue weighted by molar-refractivity contribution is -0.160. The number of nitrogens with zero attached hydrogens (tertiary/aromatic N) is 1. The molecule has 0 aromatic rings. The molecule has 0 N–H and O–H groups in total. The molecule has 0 aromatic carbocycles. The average Bonchev–Trinajstić information content (AvgIpc) is 2.41. The van der Waals surface area contributed by atoms with E-state index >= 15 is 0 Å². The molecule has 20 heavy (non-hydrogen) atoms. The Labute approximate surface area is 118 Å². The number of hydrogen-bond acceptors (Lipinski definition) is 6. The summed E-state index contributed by atoms with van der Waals surface area (Å²) in [5.41, 5.74) is 0. The van der Waals surface area contributed by atoms with Gasteiger partial charge in [-0.1, -0.05) is 0 Å². The van der Waals surface area contributed by atoms with Gasteiger partial charge in [0.15, 0.2) is 5.78 Å². The van der Waals surface area contributed by atoms with Crippen LogP contribution >= 0.6 is 0 Å². The number of ether oxygens (including phenoxy) is 2. The van der Waals surface area contributed by atoms with Crippen LogP contribution in [0.3, 0.4) is 0 Å². The zero-order chi connectivity index (χ0) is 14.7. The first-order valence-corrected chi connectivity index (χ1v) is 7.10. The Morgan fingerprint density at radius 1 is 1.25 bits per heavy atom. The third-order valence-corrected chi connectivity index (χ3v) is 4.03. The van der Waals surface area contributed by atoms with E-state index in [1.807, 2.05) is 0 Å². The van der Waals surface area contributed by atoms with Crippen molar-refractivity contribution < 1.29 is 23.9 Å². The molecule has 0 aromatic heterocycles. The highest BCUT2D eigenvalue weighted by molar-refractivity contribution is 6.01. The minimum atomic E-state index is -0.686. The lowest BCUT2D eigenvalue weighted by Gasteiger charge is -2.44. The maximum atomic E-state index is 12.2. The molecule has 4 unspecified atom stereocenters. The van der Waals surface area contributed by atoms with Gasteiger partial charge in [-0.05, 0) is 19.8 Å². The van der Waals surface area contributed by atoms with E-state index in [0.29, 0.717) is 19.7 Å². The van der Waals surface area contributed by atoms with Gasteiger partial charge in [0, 0.05) is 32.0 Å². The summed E-state index contributed by atoms with van der Waals surface area (Å²) in [5, 5.41) is 0. The molecule has 0 saturated carbocycles. The summed E-state index contributed by atoms with van der Waals surface area (Å²) in [7, 11) is 0. The average molecular weight is 283 g/mol. The fraction of sp³-hybridized carbons (Fsp3) is 0.786. The number of ketones is 1. The molecule has 0 radical (unpaired) electrons. The number of rotatable bonds is 4. The van der Waals surface area contributed by atoms with Crippen LogP contribution in [0.4, 0.5) is 0 Å². The molecule has 6 nitrogen and oxygen atoms in total. The lowest BCUT2D eigenvalue weighted by atomic mass is 9.79. The van der Waals surface area contributed by atoms with E-state index in [-0.39, 0.29) is 30.3 Å². The zero-order valence-corrected chi connectivity index (χ0v) is 12.0. The summed E-state index contributed by atoms with van der Waals surface area (Å²) in [6.45, 7) is 4.75. The predicted molar refractivity (Wildman–Crippen MR) is 69.8 cm³/mol. The monoisotopic (exact) mass is 283 g/mol. The number of carbonyl (C=O) groups is 3. The van der Waals surface area contributed by atoms with Crippen molar-refractivity contribution in [1.29, 1.82) is 0 Å². The Balaban J connectivity index is 2.01. The van der Waals surface area contributed by atoms with Gasteiger partial charge in [0.05, 0.1) is 6.61 Å². The smallest absolute Gasteiger partial charge is 0.317 e. The summed E-state index contributed by atoms with van der Waals surface area (Å²) >= 11 is 0. The molecule has 2 heterocycles. The highest BCUT2D eigenvalue weighted by Gasteiger charge is 2.44. The molecule has 2 aliphatic rings. The van der Waals surface area contributed by atoms with E-state index in [2.05, 4.69) is 4.90 Å². The fourth-order valence-corrected chi connectivity index (χ4v) is 3.00. The molecule has 4 atom stereocenters. The Morgan fingerprint density at radius 3 is 2.65 bits per heavy atom. The van der Waals surface area contributed by atoms with E-state index in [1.165, 1.54) is 6.92 Å². The van der Waals surface area contributed by atoms with Gasteiger partial charge >= 0.3 is 11.9 Å². The molecule has 0 spiro atoms. The highest BCUT2D eigenvalue weighted by atomic mass is 16.5. The molecule has 2 aliphatic heterocycles. The van der Waals surface area contributed by atoms with Crippen molar-refractivity contribution in [3.05, 3.63) is 0 Å². The minimum Gasteiger partial charge on any atom is -0.465 e. The molecule has 2 saturated heterocycles. The first kappa shape index (κ1) is 15.0. The van der Waals surface area contributed by atoms with Crippen LogP contribution in [-0.2, 0) is 23.9 Å². The van der Waals surface area contributed by atoms with Crippen molar-refractivity contribution in [3.63, 3.8) is 0 Å². The van der Waals surface area contributed by atoms with E-state index in [1.54, 1.807) is 6.92 Å². The van der Waals surface area contributed by atoms with Gasteiger partial charge in [-0.2, -0.15) is 0 Å². The van der Waals surface area contributed by atoms with E-state index in [9.17, 15) is 14.4 Å². The molecule has 6 heteroatoms. The van der Waals surface area contributed by atoms with Crippen molar-refractivity contribution in [3.8, 4) is 0 Å². The first-order chi connectivity index (χ1) is 9.52. The number of Topliss-reactive ketones (excluding diaryl/α,β-unsaturated/α-hetero) is 1. The van der Waals surface area contributed by atoms with Crippen molar-refractivity contribution in [1.82, 2.24) is 4.90 Å². The van der Waals surface area contributed by atoms with E-state index in [4.69, 9.17) is 9.47 Å². The number of hydrogen-bond donors (Lipinski definition) is 0. The standard InChI is InChI=1S/C14H21NO5/c1-3-19-14(18)12-7-15-6-10(13(12)17)4-5-11(15)8-20-9(2)16/h10-12H,3-8H2,1-2H3. The fourth-order valence-electron chi connectivity index (χ4n) is 3.00. The van der Waals surface area contributed by atoms with Crippen LogP contribution in [0.5, 0.6) is 0 Å². The van der Waals surface area contributed by atoms with Crippen molar-refractivity contribution in [2.24, 2.45) is 11.8 Å². The zero-order valence-electron chi connectivity index (χ0n) is 12.0. The second-order valence-corrected chi connectivity index (χ2v) is 5.39. The quantitative estimate of drug-likeness (QED) is 0.549. The maximum Gasteiger partial charge on any atom is 0.317 e. The van der Waals surface area contributed by atoms with Crippen molar-refractivity contribution in [2.75, 3.05) is 26.3 Å². The van der Waals surface area contributed by atoms with Crippen LogP contribution in [-0.4, -0.2) is 55.0 Å². The van der Waals surface area contributed by atoms with Crippen molar-refractivity contribution in [2.45, 2.75) is 32.7 Å². The van der Waals surface area contributed by atoms with Crippen LogP contribution in [0.2, 0.25) is 0 Å². The SMILES string of the molecule is CCOC(=O)C1CN2CC(CCC2COC(C)=O)C1=O. The molecule has 2 bridgehead atoms. The Morgan fingerprint density at radius 2 is 2.00 bits per heavy atom. The summed E-state index contributed by atoms with van der Waals surface area (Å²) in [4.78, 5) is 37.1. The number of esters is 2. The second kappa shape index (κ2) is 6.35. The van der Waals surface area contributed by atoms with E-state index < -0.39 is 11.9 Å². The lowest BCUT2D eigenvalue weighted by Crippen LogP contribution is -2.57. The molecule has 0 aliphatic carbocycles. The third-order valence-electron chi connectivity index (χ3n) is 4.03. The third kappa shape index (κ3) is 3.17. The van der Waals surface area contributed by atoms with Gasteiger partial charge in [-0.15, -0.1) is 0 Å². The van der Waals surface area contributed by atoms with Gasteiger partial charge in [-0.3, -0.25) is 19.3 Å². The van der Waals surface area contributed by atoms with Crippen molar-refractivity contribution >= 4 is 17.7 Å². The molecular formula is C14H21NO5. The topological polar surface area (TPSA) is 72.9 Å². The summed E-state index contributed by atoms with van der Waals surface area (Å²) in [6, 6.07) is 0.0974. The van der Waals surface area contributed by atoms with Crippen LogP contribution < -0.4 is 0 Å². The van der Waals surface area contributed by atoms with Gasteiger partial charge < -0.3 is 9.47 Å². The van der Waals surface area contributed by atoms with Gasteiger partial charge in [-0.25, -0.2) is 0 Å². The largest absolute Gasteiger partial charge is 0.465 e. The van der Waals surface area contributed by atoms with Crippen LogP contribution in [0.25, 0.3) is 0 Å². The van der Waals surface area contributed by atoms with Gasteiger partial charge in [0.25, 0.3) is 0 Å². The molecule has 112 valence electrons. The summed E-state index contributed by atoms with van der Waals surface area (Å²) in [5.74, 6) is -1.51. The van der Waals surface area contributed by atoms with Gasteiger partial charge in [0.1, 0.15) is 12.5 Å². The van der Waals surface area contributed by atoms with E-state index in [0.717, 1.165) is 12.8 Å². The molecule has 2 fully saturated rings. The minimum absolute atomic E-state index is 0.00522. The summed E-state index contributed by atoms with van der Waals surface area (Å²) < 4.78 is 10.0. The Hall–Kier alpha value is -1.43. The Kier molecular flexibility index (Phi) is 4.75. The Bertz CT molecular complexity index is 408. The van der Waals surface area contributed by atoms with Crippen LogP contribution in [0, 0.1) is 11.8 Å². The van der Waals surface area contributed by atoms with Crippen LogP contribution in [0.1, 0.15) is 26.7 Å². The number of piperidine rings is 2. The number of carbonyl (C=O) groups excluding carboxylic acids is 3. The molecule has 2 rings (SSSR count). The maximum absolute atomic E-state index is 12.2. The molecular weight excluding hydrogens is 262 g/mol. The number of fused-ring (bicyclic) bond motifs is 2. The van der Waals surface area contributed by atoms with Crippen LogP contribution in [0.15, 0.2) is 0 Å².